The molecule has 0 bridgehead atoms. The monoisotopic (exact) mass is 375 g/mol. The highest BCUT2D eigenvalue weighted by molar-refractivity contribution is 8.26. The van der Waals surface area contributed by atoms with Gasteiger partial charge in [0.25, 0.3) is 5.91 Å². The lowest BCUT2D eigenvalue weighted by Gasteiger charge is -2.12. The Hall–Kier alpha value is -1.08. The fraction of sp³-hybridized carbons (Fsp3) is 0.214. The summed E-state index contributed by atoms with van der Waals surface area (Å²) in [6.07, 6.45) is 1.76. The van der Waals surface area contributed by atoms with Crippen molar-refractivity contribution in [3.63, 3.8) is 0 Å². The molecular weight excluding hydrogens is 365 g/mol. The number of thiocarbonyl (C=S) groups is 1. The quantitative estimate of drug-likeness (QED) is 0.455. The minimum atomic E-state index is -0.390. The van der Waals surface area contributed by atoms with Crippen LogP contribution in [0, 0.1) is 0 Å². The molecule has 1 aliphatic rings. The van der Waals surface area contributed by atoms with Crippen molar-refractivity contribution in [2.24, 2.45) is 0 Å². The van der Waals surface area contributed by atoms with Crippen molar-refractivity contribution in [3.05, 3.63) is 38.7 Å². The first kappa shape index (κ1) is 17.3. The molecule has 1 aliphatic heterocycles. The lowest BCUT2D eigenvalue weighted by atomic mass is 10.2. The number of nitrogens with zero attached hydrogens (tertiary/aromatic N) is 1. The van der Waals surface area contributed by atoms with Crippen LogP contribution >= 0.6 is 47.2 Å². The van der Waals surface area contributed by atoms with E-state index in [0.717, 1.165) is 0 Å². The van der Waals surface area contributed by atoms with Crippen LogP contribution in [0.4, 0.5) is 0 Å². The molecule has 4 nitrogen and oxygen atoms in total. The Labute approximate surface area is 147 Å². The number of hydrogen-bond acceptors (Lipinski definition) is 5. The van der Waals surface area contributed by atoms with E-state index < -0.39 is 5.97 Å². The highest BCUT2D eigenvalue weighted by Crippen LogP contribution is 2.34. The topological polar surface area (TPSA) is 46.6 Å². The number of hydrogen-bond donors (Lipinski definition) is 0. The van der Waals surface area contributed by atoms with Crippen molar-refractivity contribution < 1.29 is 14.3 Å². The van der Waals surface area contributed by atoms with Crippen molar-refractivity contribution in [2.75, 3.05) is 13.7 Å². The average molecular weight is 376 g/mol. The molecule has 0 spiro atoms. The Bertz CT molecular complexity index is 676. The van der Waals surface area contributed by atoms with Gasteiger partial charge in [0.2, 0.25) is 0 Å². The first-order valence-corrected chi connectivity index (χ1v) is 8.17. The van der Waals surface area contributed by atoms with E-state index in [1.807, 2.05) is 0 Å². The van der Waals surface area contributed by atoms with Crippen LogP contribution < -0.4 is 0 Å². The van der Waals surface area contributed by atoms with Gasteiger partial charge in [-0.15, -0.1) is 0 Å². The standard InChI is InChI=1S/C14H11Cl2NO3S2/c1-20-12(18)4-5-17-13(19)11(22-14(17)21)6-8-2-3-9(15)7-10(8)16/h2-3,6-7H,4-5H2,1H3/b11-6-. The largest absolute Gasteiger partial charge is 0.469 e. The summed E-state index contributed by atoms with van der Waals surface area (Å²) < 4.78 is 4.97. The van der Waals surface area contributed by atoms with Crippen molar-refractivity contribution >= 4 is 69.5 Å². The van der Waals surface area contributed by atoms with Crippen LogP contribution in [0.3, 0.4) is 0 Å². The van der Waals surface area contributed by atoms with Crippen LogP contribution in [0.2, 0.25) is 10.0 Å². The van der Waals surface area contributed by atoms with Gasteiger partial charge in [-0.3, -0.25) is 14.5 Å². The maximum absolute atomic E-state index is 12.3. The number of carbonyl (C=O) groups excluding carboxylic acids is 2. The predicted molar refractivity (Wildman–Crippen MR) is 93.0 cm³/mol. The molecule has 116 valence electrons. The number of ether oxygens (including phenoxy) is 1. The second-order valence-corrected chi connectivity index (χ2v) is 6.84. The van der Waals surface area contributed by atoms with E-state index in [2.05, 4.69) is 4.74 Å². The third-order valence-corrected chi connectivity index (χ3v) is 4.83. The molecular formula is C14H11Cl2NO3S2. The van der Waals surface area contributed by atoms with Crippen molar-refractivity contribution in [1.29, 1.82) is 0 Å². The molecule has 0 saturated carbocycles. The molecule has 0 radical (unpaired) electrons. The first-order valence-electron chi connectivity index (χ1n) is 6.19. The molecule has 0 aliphatic carbocycles. The molecule has 0 aromatic heterocycles. The Kier molecular flexibility index (Phi) is 5.86. The number of amides is 1. The zero-order chi connectivity index (χ0) is 16.3. The second kappa shape index (κ2) is 7.46. The summed E-state index contributed by atoms with van der Waals surface area (Å²) >= 11 is 18.3. The number of methoxy groups -OCH3 is 1. The van der Waals surface area contributed by atoms with Gasteiger partial charge in [0, 0.05) is 16.6 Å². The molecule has 1 amide bonds. The predicted octanol–water partition coefficient (Wildman–Crippen LogP) is 3.76. The summed E-state index contributed by atoms with van der Waals surface area (Å²) in [5.41, 5.74) is 0.680. The van der Waals surface area contributed by atoms with Gasteiger partial charge in [0.15, 0.2) is 0 Å². The normalized spacial score (nSPS) is 16.5. The van der Waals surface area contributed by atoms with Gasteiger partial charge in [0.1, 0.15) is 4.32 Å². The molecule has 8 heteroatoms. The van der Waals surface area contributed by atoms with Gasteiger partial charge in [-0.1, -0.05) is 53.2 Å². The zero-order valence-electron chi connectivity index (χ0n) is 11.5. The number of thioether (sulfide) groups is 1. The average Bonchev–Trinajstić information content (AvgIpc) is 2.74. The number of esters is 1. The maximum atomic E-state index is 12.3. The summed E-state index contributed by atoms with van der Waals surface area (Å²) in [4.78, 5) is 25.3. The molecule has 0 N–H and O–H groups in total. The lowest BCUT2D eigenvalue weighted by molar-refractivity contribution is -0.140. The zero-order valence-corrected chi connectivity index (χ0v) is 14.6. The minimum Gasteiger partial charge on any atom is -0.469 e. The van der Waals surface area contributed by atoms with Gasteiger partial charge in [-0.25, -0.2) is 0 Å². The fourth-order valence-electron chi connectivity index (χ4n) is 1.76. The van der Waals surface area contributed by atoms with E-state index in [9.17, 15) is 9.59 Å². The molecule has 0 atom stereocenters. The second-order valence-electron chi connectivity index (χ2n) is 4.33. The summed E-state index contributed by atoms with van der Waals surface area (Å²) in [5.74, 6) is -0.635. The highest BCUT2D eigenvalue weighted by atomic mass is 35.5. The third kappa shape index (κ3) is 4.01. The van der Waals surface area contributed by atoms with Crippen LogP contribution in [0.25, 0.3) is 6.08 Å². The van der Waals surface area contributed by atoms with E-state index in [1.165, 1.54) is 23.8 Å². The molecule has 22 heavy (non-hydrogen) atoms. The Morgan fingerprint density at radius 1 is 1.45 bits per heavy atom. The SMILES string of the molecule is COC(=O)CCN1C(=O)/C(=C/c2ccc(Cl)cc2Cl)SC1=S. The molecule has 1 aromatic carbocycles. The Morgan fingerprint density at radius 3 is 2.82 bits per heavy atom. The third-order valence-electron chi connectivity index (χ3n) is 2.89. The number of halogens is 2. The van der Waals surface area contributed by atoms with Crippen molar-refractivity contribution in [1.82, 2.24) is 4.90 Å². The van der Waals surface area contributed by atoms with Crippen LogP contribution in [0.5, 0.6) is 0 Å². The van der Waals surface area contributed by atoms with Crippen LogP contribution in [0.1, 0.15) is 12.0 Å². The molecule has 2 rings (SSSR count). The van der Waals surface area contributed by atoms with E-state index in [0.29, 0.717) is 24.8 Å². The highest BCUT2D eigenvalue weighted by Gasteiger charge is 2.32. The maximum Gasteiger partial charge on any atom is 0.307 e. The smallest absolute Gasteiger partial charge is 0.307 e. The Balaban J connectivity index is 2.16. The van der Waals surface area contributed by atoms with Gasteiger partial charge in [-0.05, 0) is 23.8 Å². The molecule has 1 heterocycles. The van der Waals surface area contributed by atoms with Gasteiger partial charge in [0.05, 0.1) is 18.4 Å². The summed E-state index contributed by atoms with van der Waals surface area (Å²) in [6, 6.07) is 5.02. The van der Waals surface area contributed by atoms with Gasteiger partial charge in [-0.2, -0.15) is 0 Å². The molecule has 1 fully saturated rings. The molecule has 1 aromatic rings. The van der Waals surface area contributed by atoms with E-state index in [1.54, 1.807) is 24.3 Å². The summed E-state index contributed by atoms with van der Waals surface area (Å²) in [7, 11) is 1.30. The first-order chi connectivity index (χ1) is 10.4. The Morgan fingerprint density at radius 2 is 2.18 bits per heavy atom. The fourth-order valence-corrected chi connectivity index (χ4v) is 3.52. The van der Waals surface area contributed by atoms with Gasteiger partial charge < -0.3 is 4.74 Å². The van der Waals surface area contributed by atoms with Gasteiger partial charge >= 0.3 is 5.97 Å². The van der Waals surface area contributed by atoms with E-state index >= 15 is 0 Å². The van der Waals surface area contributed by atoms with Crippen LogP contribution in [0.15, 0.2) is 23.1 Å². The van der Waals surface area contributed by atoms with Crippen LogP contribution in [-0.2, 0) is 14.3 Å². The summed E-state index contributed by atoms with van der Waals surface area (Å²) in [6.45, 7) is 0.197. The molecule has 0 unspecified atom stereocenters. The number of carbonyl (C=O) groups is 2. The van der Waals surface area contributed by atoms with Crippen molar-refractivity contribution in [3.8, 4) is 0 Å². The molecule has 1 saturated heterocycles. The number of rotatable bonds is 4. The minimum absolute atomic E-state index is 0.0952. The number of benzene rings is 1. The van der Waals surface area contributed by atoms with Crippen LogP contribution in [-0.4, -0.2) is 34.8 Å². The lowest BCUT2D eigenvalue weighted by Crippen LogP contribution is -2.30. The van der Waals surface area contributed by atoms with E-state index in [-0.39, 0.29) is 18.9 Å². The van der Waals surface area contributed by atoms with E-state index in [4.69, 9.17) is 35.4 Å². The summed E-state index contributed by atoms with van der Waals surface area (Å²) in [5, 5.41) is 0.972. The van der Waals surface area contributed by atoms with Crippen molar-refractivity contribution in [2.45, 2.75) is 6.42 Å².